The molecule has 1 aliphatic carbocycles. The SMILES string of the molecule is C=C1CCCc2c1ccc1c2ccc2ccccc21.O=C(O)c1ccc(C(=O)O)cc1. The maximum absolute atomic E-state index is 10.3. The van der Waals surface area contributed by atoms with Crippen LogP contribution in [0.2, 0.25) is 0 Å². The summed E-state index contributed by atoms with van der Waals surface area (Å²) in [6.07, 6.45) is 3.56. The molecule has 0 atom stereocenters. The van der Waals surface area contributed by atoms with Gasteiger partial charge in [-0.05, 0) is 81.8 Å². The molecule has 154 valence electrons. The van der Waals surface area contributed by atoms with Crippen LogP contribution in [0.1, 0.15) is 44.7 Å². The lowest BCUT2D eigenvalue weighted by Gasteiger charge is -2.20. The molecular formula is C27H22O4. The van der Waals surface area contributed by atoms with Crippen LogP contribution in [-0.2, 0) is 6.42 Å². The number of allylic oxidation sites excluding steroid dienone is 1. The summed E-state index contributed by atoms with van der Waals surface area (Å²) in [5.41, 5.74) is 4.35. The third-order valence-corrected chi connectivity index (χ3v) is 5.70. The Morgan fingerprint density at radius 1 is 0.677 bits per heavy atom. The monoisotopic (exact) mass is 410 g/mol. The topological polar surface area (TPSA) is 74.6 Å². The number of hydrogen-bond acceptors (Lipinski definition) is 2. The van der Waals surface area contributed by atoms with Crippen molar-refractivity contribution in [1.29, 1.82) is 0 Å². The molecule has 4 heteroatoms. The van der Waals surface area contributed by atoms with Crippen molar-refractivity contribution in [2.45, 2.75) is 19.3 Å². The number of fused-ring (bicyclic) bond motifs is 5. The van der Waals surface area contributed by atoms with E-state index in [1.165, 1.54) is 75.4 Å². The zero-order valence-corrected chi connectivity index (χ0v) is 17.0. The number of aryl methyl sites for hydroxylation is 1. The molecule has 5 rings (SSSR count). The summed E-state index contributed by atoms with van der Waals surface area (Å²) in [4.78, 5) is 20.7. The molecule has 0 amide bonds. The van der Waals surface area contributed by atoms with E-state index in [1.54, 1.807) is 0 Å². The van der Waals surface area contributed by atoms with Crippen molar-refractivity contribution in [2.24, 2.45) is 0 Å². The van der Waals surface area contributed by atoms with Gasteiger partial charge in [-0.3, -0.25) is 0 Å². The molecule has 31 heavy (non-hydrogen) atoms. The highest BCUT2D eigenvalue weighted by Gasteiger charge is 2.15. The highest BCUT2D eigenvalue weighted by molar-refractivity contribution is 6.09. The molecule has 0 spiro atoms. The van der Waals surface area contributed by atoms with Gasteiger partial charge in [0.2, 0.25) is 0 Å². The van der Waals surface area contributed by atoms with Gasteiger partial charge in [-0.1, -0.05) is 55.1 Å². The zero-order chi connectivity index (χ0) is 22.0. The third-order valence-electron chi connectivity index (χ3n) is 5.70. The minimum atomic E-state index is -1.06. The second kappa shape index (κ2) is 8.44. The molecule has 0 heterocycles. The number of carboxylic acid groups (broad SMARTS) is 2. The van der Waals surface area contributed by atoms with Gasteiger partial charge in [-0.15, -0.1) is 0 Å². The van der Waals surface area contributed by atoms with Gasteiger partial charge in [0, 0.05) is 0 Å². The second-order valence-corrected chi connectivity index (χ2v) is 7.62. The minimum Gasteiger partial charge on any atom is -0.478 e. The van der Waals surface area contributed by atoms with Gasteiger partial charge in [0.25, 0.3) is 0 Å². The fraction of sp³-hybridized carbons (Fsp3) is 0.111. The van der Waals surface area contributed by atoms with Gasteiger partial charge in [-0.2, -0.15) is 0 Å². The van der Waals surface area contributed by atoms with E-state index in [1.807, 2.05) is 0 Å². The Labute approximate surface area is 180 Å². The van der Waals surface area contributed by atoms with Crippen molar-refractivity contribution in [2.75, 3.05) is 0 Å². The lowest BCUT2D eigenvalue weighted by atomic mass is 9.84. The molecular weight excluding hydrogens is 388 g/mol. The van der Waals surface area contributed by atoms with Crippen LogP contribution < -0.4 is 0 Å². The number of hydrogen-bond donors (Lipinski definition) is 2. The summed E-state index contributed by atoms with van der Waals surface area (Å²) in [5.74, 6) is -2.13. The first kappa shape index (κ1) is 20.4. The Morgan fingerprint density at radius 3 is 1.94 bits per heavy atom. The molecule has 2 N–H and O–H groups in total. The lowest BCUT2D eigenvalue weighted by molar-refractivity contribution is 0.0681. The van der Waals surface area contributed by atoms with E-state index in [0.29, 0.717) is 0 Å². The van der Waals surface area contributed by atoms with E-state index in [2.05, 4.69) is 55.1 Å². The summed E-state index contributed by atoms with van der Waals surface area (Å²) < 4.78 is 0. The Balaban J connectivity index is 0.000000168. The van der Waals surface area contributed by atoms with E-state index in [9.17, 15) is 9.59 Å². The van der Waals surface area contributed by atoms with Gasteiger partial charge in [0.05, 0.1) is 11.1 Å². The first-order valence-corrected chi connectivity index (χ1v) is 10.1. The Kier molecular flexibility index (Phi) is 5.54. The van der Waals surface area contributed by atoms with Crippen LogP contribution in [0.25, 0.3) is 27.1 Å². The Hall–Kier alpha value is -3.92. The van der Waals surface area contributed by atoms with Crippen molar-refractivity contribution in [3.63, 3.8) is 0 Å². The van der Waals surface area contributed by atoms with Crippen LogP contribution in [0.4, 0.5) is 0 Å². The maximum Gasteiger partial charge on any atom is 0.335 e. The van der Waals surface area contributed by atoms with Gasteiger partial charge in [-0.25, -0.2) is 9.59 Å². The molecule has 4 nitrogen and oxygen atoms in total. The van der Waals surface area contributed by atoms with Gasteiger partial charge in [0.15, 0.2) is 0 Å². The molecule has 0 aromatic heterocycles. The average Bonchev–Trinajstić information content (AvgIpc) is 2.79. The van der Waals surface area contributed by atoms with Crippen molar-refractivity contribution in [1.82, 2.24) is 0 Å². The van der Waals surface area contributed by atoms with Crippen molar-refractivity contribution >= 4 is 39.1 Å². The van der Waals surface area contributed by atoms with E-state index < -0.39 is 11.9 Å². The van der Waals surface area contributed by atoms with E-state index in [-0.39, 0.29) is 11.1 Å². The number of carbonyl (C=O) groups is 2. The zero-order valence-electron chi connectivity index (χ0n) is 17.0. The molecule has 0 saturated carbocycles. The normalized spacial score (nSPS) is 12.7. The Morgan fingerprint density at radius 2 is 1.29 bits per heavy atom. The number of carboxylic acids is 2. The molecule has 0 aliphatic heterocycles. The van der Waals surface area contributed by atoms with Crippen LogP contribution in [0.3, 0.4) is 0 Å². The first-order valence-electron chi connectivity index (χ1n) is 10.1. The van der Waals surface area contributed by atoms with Gasteiger partial charge in [0.1, 0.15) is 0 Å². The van der Waals surface area contributed by atoms with Crippen LogP contribution in [0.15, 0.2) is 79.4 Å². The molecule has 0 saturated heterocycles. The highest BCUT2D eigenvalue weighted by Crippen LogP contribution is 2.36. The summed E-state index contributed by atoms with van der Waals surface area (Å²) in [6, 6.07) is 22.7. The van der Waals surface area contributed by atoms with Gasteiger partial charge < -0.3 is 10.2 Å². The van der Waals surface area contributed by atoms with Crippen molar-refractivity contribution in [3.05, 3.63) is 102 Å². The van der Waals surface area contributed by atoms with Crippen LogP contribution in [-0.4, -0.2) is 22.2 Å². The van der Waals surface area contributed by atoms with E-state index in [4.69, 9.17) is 10.2 Å². The van der Waals surface area contributed by atoms with Crippen LogP contribution in [0, 0.1) is 0 Å². The largest absolute Gasteiger partial charge is 0.478 e. The predicted octanol–water partition coefficient (Wildman–Crippen LogP) is 6.43. The predicted molar refractivity (Wildman–Crippen MR) is 124 cm³/mol. The average molecular weight is 410 g/mol. The quantitative estimate of drug-likeness (QED) is 0.374. The van der Waals surface area contributed by atoms with Gasteiger partial charge >= 0.3 is 11.9 Å². The fourth-order valence-electron chi connectivity index (χ4n) is 4.12. The van der Waals surface area contributed by atoms with E-state index >= 15 is 0 Å². The molecule has 0 bridgehead atoms. The van der Waals surface area contributed by atoms with Crippen molar-refractivity contribution < 1.29 is 19.8 Å². The maximum atomic E-state index is 10.3. The summed E-state index contributed by atoms with van der Waals surface area (Å²) in [7, 11) is 0. The number of rotatable bonds is 2. The Bertz CT molecular complexity index is 1280. The third kappa shape index (κ3) is 4.05. The minimum absolute atomic E-state index is 0.0833. The number of benzene rings is 4. The summed E-state index contributed by atoms with van der Waals surface area (Å²) in [6.45, 7) is 4.22. The molecule has 4 aromatic carbocycles. The molecule has 4 aromatic rings. The molecule has 0 unspecified atom stereocenters. The fourth-order valence-corrected chi connectivity index (χ4v) is 4.12. The standard InChI is InChI=1S/C19H16.C8H6O4/c1-13-5-4-8-17-15(13)11-12-18-16-7-3-2-6-14(16)9-10-19(17)18;9-7(10)5-1-2-6(4-3-5)8(11)12/h2-3,6-7,9-12H,1,4-5,8H2;1-4H,(H,9,10)(H,11,12). The highest BCUT2D eigenvalue weighted by atomic mass is 16.4. The van der Waals surface area contributed by atoms with Crippen molar-refractivity contribution in [3.8, 4) is 0 Å². The molecule has 0 radical (unpaired) electrons. The molecule has 0 fully saturated rings. The molecule has 1 aliphatic rings. The smallest absolute Gasteiger partial charge is 0.335 e. The van der Waals surface area contributed by atoms with Crippen LogP contribution >= 0.6 is 0 Å². The summed E-state index contributed by atoms with van der Waals surface area (Å²) in [5, 5.41) is 22.4. The summed E-state index contributed by atoms with van der Waals surface area (Å²) >= 11 is 0. The second-order valence-electron chi connectivity index (χ2n) is 7.62. The van der Waals surface area contributed by atoms with Crippen LogP contribution in [0.5, 0.6) is 0 Å². The lowest BCUT2D eigenvalue weighted by Crippen LogP contribution is -2.01. The number of aromatic carboxylic acids is 2. The first-order chi connectivity index (χ1) is 15.0. The van der Waals surface area contributed by atoms with E-state index in [0.717, 1.165) is 6.42 Å².